The van der Waals surface area contributed by atoms with Gasteiger partial charge in [0.15, 0.2) is 0 Å². The molecule has 6 nitrogen and oxygen atoms in total. The Morgan fingerprint density at radius 1 is 0.955 bits per heavy atom. The van der Waals surface area contributed by atoms with Gasteiger partial charge in [0, 0.05) is 12.8 Å². The Morgan fingerprint density at radius 3 is 2.27 bits per heavy atom. The number of ether oxygens (including phenoxy) is 2. The van der Waals surface area contributed by atoms with Crippen LogP contribution in [0.3, 0.4) is 0 Å². The number of aliphatic hydroxyl groups is 2. The largest absolute Gasteiger partial charge is 0.466 e. The van der Waals surface area contributed by atoms with E-state index < -0.39 is 11.8 Å². The van der Waals surface area contributed by atoms with Gasteiger partial charge >= 0.3 is 11.9 Å². The third-order valence-corrected chi connectivity index (χ3v) is 3.95. The van der Waals surface area contributed by atoms with Crippen LogP contribution in [0.25, 0.3) is 0 Å². The van der Waals surface area contributed by atoms with E-state index in [0.29, 0.717) is 32.3 Å². The Hall–Kier alpha value is -1.14. The van der Waals surface area contributed by atoms with E-state index in [0.717, 1.165) is 25.7 Å². The van der Waals surface area contributed by atoms with Crippen LogP contribution in [0.2, 0.25) is 0 Å². The maximum atomic E-state index is 11.6. The van der Waals surface area contributed by atoms with Gasteiger partial charge in [0.1, 0.15) is 0 Å². The minimum absolute atomic E-state index is 0.0244. The van der Waals surface area contributed by atoms with Gasteiger partial charge in [-0.15, -0.1) is 0 Å². The van der Waals surface area contributed by atoms with Gasteiger partial charge in [0.05, 0.1) is 13.2 Å². The van der Waals surface area contributed by atoms with Crippen molar-refractivity contribution in [1.29, 1.82) is 0 Å². The van der Waals surface area contributed by atoms with Crippen LogP contribution in [0.15, 0.2) is 0 Å². The van der Waals surface area contributed by atoms with Crippen molar-refractivity contribution >= 4 is 11.9 Å². The molecule has 0 saturated carbocycles. The van der Waals surface area contributed by atoms with Crippen LogP contribution in [0.4, 0.5) is 0 Å². The lowest BCUT2D eigenvalue weighted by Gasteiger charge is -2.20. The average molecular weight is 316 g/mol. The Morgan fingerprint density at radius 2 is 1.55 bits per heavy atom. The molecule has 1 aliphatic heterocycles. The molecular weight excluding hydrogens is 288 g/mol. The van der Waals surface area contributed by atoms with Gasteiger partial charge in [-0.2, -0.15) is 0 Å². The number of hydrogen-bond donors (Lipinski definition) is 2. The monoisotopic (exact) mass is 316 g/mol. The molecular formula is C16H28O6. The molecule has 0 spiro atoms. The van der Waals surface area contributed by atoms with Gasteiger partial charge in [0.25, 0.3) is 5.79 Å². The van der Waals surface area contributed by atoms with Crippen LogP contribution in [-0.4, -0.2) is 41.2 Å². The van der Waals surface area contributed by atoms with Gasteiger partial charge in [-0.25, -0.2) is 4.79 Å². The third kappa shape index (κ3) is 7.75. The maximum absolute atomic E-state index is 11.6. The van der Waals surface area contributed by atoms with Crippen LogP contribution in [0, 0.1) is 5.92 Å². The predicted octanol–water partition coefficient (Wildman–Crippen LogP) is 1.91. The first kappa shape index (κ1) is 18.9. The van der Waals surface area contributed by atoms with E-state index >= 15 is 0 Å². The first-order valence-electron chi connectivity index (χ1n) is 8.19. The molecule has 1 aliphatic rings. The zero-order chi connectivity index (χ0) is 16.4. The number of esters is 2. The molecule has 0 aliphatic carbocycles. The summed E-state index contributed by atoms with van der Waals surface area (Å²) in [6.07, 6.45) is 5.57. The highest BCUT2D eigenvalue weighted by Crippen LogP contribution is 2.17. The topological polar surface area (TPSA) is 93.1 Å². The lowest BCUT2D eigenvalue weighted by Crippen LogP contribution is -2.40. The SMILES string of the molecule is CC1CCOC(=O)CCCCCCCC(O)(O)C(=O)OCC1. The molecule has 0 radical (unpaired) electrons. The van der Waals surface area contributed by atoms with Crippen LogP contribution in [-0.2, 0) is 19.1 Å². The fourth-order valence-electron chi connectivity index (χ4n) is 2.33. The first-order chi connectivity index (χ1) is 10.4. The Balaban J connectivity index is 2.47. The average Bonchev–Trinajstić information content (AvgIpc) is 2.45. The molecule has 0 bridgehead atoms. The van der Waals surface area contributed by atoms with Gasteiger partial charge in [-0.1, -0.05) is 26.2 Å². The van der Waals surface area contributed by atoms with Crippen LogP contribution < -0.4 is 0 Å². The van der Waals surface area contributed by atoms with Gasteiger partial charge in [-0.05, 0) is 31.6 Å². The molecule has 6 heteroatoms. The van der Waals surface area contributed by atoms with Crippen LogP contribution in [0.1, 0.15) is 64.7 Å². The molecule has 1 fully saturated rings. The summed E-state index contributed by atoms with van der Waals surface area (Å²) in [6, 6.07) is 0. The number of carbonyl (C=O) groups excluding carboxylic acids is 2. The summed E-state index contributed by atoms with van der Waals surface area (Å²) in [7, 11) is 0. The van der Waals surface area contributed by atoms with E-state index in [2.05, 4.69) is 0 Å². The van der Waals surface area contributed by atoms with E-state index in [9.17, 15) is 19.8 Å². The first-order valence-corrected chi connectivity index (χ1v) is 8.19. The molecule has 2 N–H and O–H groups in total. The van der Waals surface area contributed by atoms with E-state index in [-0.39, 0.29) is 24.9 Å². The number of hydrogen-bond acceptors (Lipinski definition) is 6. The van der Waals surface area contributed by atoms with Crippen molar-refractivity contribution in [2.24, 2.45) is 5.92 Å². The summed E-state index contributed by atoms with van der Waals surface area (Å²) in [6.45, 7) is 2.48. The summed E-state index contributed by atoms with van der Waals surface area (Å²) in [5.74, 6) is -3.30. The predicted molar refractivity (Wildman–Crippen MR) is 79.8 cm³/mol. The molecule has 1 rings (SSSR count). The van der Waals surface area contributed by atoms with Crippen molar-refractivity contribution in [3.63, 3.8) is 0 Å². The van der Waals surface area contributed by atoms with Crippen molar-refractivity contribution in [2.75, 3.05) is 13.2 Å². The van der Waals surface area contributed by atoms with Crippen molar-refractivity contribution < 1.29 is 29.3 Å². The molecule has 0 aromatic heterocycles. The molecule has 1 heterocycles. The Kier molecular flexibility index (Phi) is 8.42. The van der Waals surface area contributed by atoms with Gasteiger partial charge in [-0.3, -0.25) is 4.79 Å². The van der Waals surface area contributed by atoms with Crippen LogP contribution in [0.5, 0.6) is 0 Å². The summed E-state index contributed by atoms with van der Waals surface area (Å²) in [5, 5.41) is 19.4. The maximum Gasteiger partial charge on any atom is 0.366 e. The van der Waals surface area contributed by atoms with Crippen molar-refractivity contribution in [2.45, 2.75) is 70.5 Å². The minimum Gasteiger partial charge on any atom is -0.466 e. The zero-order valence-corrected chi connectivity index (χ0v) is 13.4. The minimum atomic E-state index is -2.39. The van der Waals surface area contributed by atoms with E-state index in [1.54, 1.807) is 0 Å². The van der Waals surface area contributed by atoms with Gasteiger partial charge in [0.2, 0.25) is 0 Å². The molecule has 22 heavy (non-hydrogen) atoms. The second kappa shape index (κ2) is 9.79. The number of rotatable bonds is 0. The molecule has 0 aromatic rings. The van der Waals surface area contributed by atoms with E-state index in [1.807, 2.05) is 6.92 Å². The highest BCUT2D eigenvalue weighted by Gasteiger charge is 2.34. The second-order valence-corrected chi connectivity index (χ2v) is 6.12. The molecule has 1 atom stereocenters. The molecule has 0 amide bonds. The molecule has 1 unspecified atom stereocenters. The Bertz CT molecular complexity index is 353. The highest BCUT2D eigenvalue weighted by molar-refractivity contribution is 5.77. The summed E-state index contributed by atoms with van der Waals surface area (Å²) >= 11 is 0. The summed E-state index contributed by atoms with van der Waals surface area (Å²) < 4.78 is 10.1. The molecule has 1 saturated heterocycles. The number of carbonyl (C=O) groups is 2. The quantitative estimate of drug-likeness (QED) is 0.524. The fraction of sp³-hybridized carbons (Fsp3) is 0.875. The third-order valence-electron chi connectivity index (χ3n) is 3.95. The lowest BCUT2D eigenvalue weighted by atomic mass is 10.0. The van der Waals surface area contributed by atoms with Crippen LogP contribution >= 0.6 is 0 Å². The Labute approximate surface area is 131 Å². The lowest BCUT2D eigenvalue weighted by molar-refractivity contribution is -0.212. The standard InChI is InChI=1S/C16H28O6/c1-13-8-11-21-14(17)7-5-3-2-4-6-10-16(19,20)15(18)22-12-9-13/h13,19-20H,2-12H2,1H3. The van der Waals surface area contributed by atoms with E-state index in [1.165, 1.54) is 0 Å². The molecule has 128 valence electrons. The second-order valence-electron chi connectivity index (χ2n) is 6.12. The highest BCUT2D eigenvalue weighted by atomic mass is 16.6. The van der Waals surface area contributed by atoms with Crippen molar-refractivity contribution in [3.05, 3.63) is 0 Å². The normalized spacial score (nSPS) is 26.6. The fourth-order valence-corrected chi connectivity index (χ4v) is 2.33. The zero-order valence-electron chi connectivity index (χ0n) is 13.4. The van der Waals surface area contributed by atoms with Crippen molar-refractivity contribution in [1.82, 2.24) is 0 Å². The van der Waals surface area contributed by atoms with Crippen molar-refractivity contribution in [3.8, 4) is 0 Å². The smallest absolute Gasteiger partial charge is 0.366 e. The van der Waals surface area contributed by atoms with Gasteiger partial charge < -0.3 is 19.7 Å². The summed E-state index contributed by atoms with van der Waals surface area (Å²) in [4.78, 5) is 23.1. The van der Waals surface area contributed by atoms with E-state index in [4.69, 9.17) is 9.47 Å². The number of cyclic esters (lactones) is 2. The summed E-state index contributed by atoms with van der Waals surface area (Å²) in [5.41, 5.74) is 0. The molecule has 0 aromatic carbocycles.